The monoisotopic (exact) mass is 342 g/mol. The number of aliphatic hydroxyl groups is 1. The van der Waals surface area contributed by atoms with E-state index in [-0.39, 0.29) is 12.5 Å². The average Bonchev–Trinajstić information content (AvgIpc) is 3.01. The van der Waals surface area contributed by atoms with Gasteiger partial charge in [-0.1, -0.05) is 6.07 Å². The average molecular weight is 342 g/mol. The van der Waals surface area contributed by atoms with Crippen molar-refractivity contribution in [3.63, 3.8) is 0 Å². The molecule has 1 amide bonds. The van der Waals surface area contributed by atoms with E-state index >= 15 is 0 Å². The molecule has 0 aliphatic heterocycles. The minimum Gasteiger partial charge on any atom is -0.394 e. The Kier molecular flexibility index (Phi) is 3.95. The van der Waals surface area contributed by atoms with E-state index in [9.17, 15) is 9.90 Å². The number of hydrogen-bond acceptors (Lipinski definition) is 4. The highest BCUT2D eigenvalue weighted by Gasteiger charge is 2.27. The van der Waals surface area contributed by atoms with Crippen LogP contribution in [0.25, 0.3) is 10.6 Å². The molecular formula is C17H18N4O2S. The largest absolute Gasteiger partial charge is 0.394 e. The first-order chi connectivity index (χ1) is 11.8. The summed E-state index contributed by atoms with van der Waals surface area (Å²) >= 11 is 1.59. The molecule has 1 fully saturated rings. The van der Waals surface area contributed by atoms with Crippen LogP contribution in [0.4, 0.5) is 5.82 Å². The van der Waals surface area contributed by atoms with Crippen molar-refractivity contribution in [3.05, 3.63) is 47.6 Å². The molecule has 2 N–H and O–H groups in total. The van der Waals surface area contributed by atoms with Gasteiger partial charge in [0, 0.05) is 18.3 Å². The number of thiophene rings is 1. The van der Waals surface area contributed by atoms with Crippen molar-refractivity contribution in [2.45, 2.75) is 25.4 Å². The summed E-state index contributed by atoms with van der Waals surface area (Å²) in [5.74, 6) is 0.449. The van der Waals surface area contributed by atoms with E-state index < -0.39 is 0 Å². The lowest BCUT2D eigenvalue weighted by atomic mass is 10.3. The van der Waals surface area contributed by atoms with E-state index in [1.807, 2.05) is 46.5 Å². The van der Waals surface area contributed by atoms with Gasteiger partial charge in [-0.05, 0) is 36.4 Å². The number of aliphatic hydroxyl groups excluding tert-OH is 1. The van der Waals surface area contributed by atoms with E-state index in [1.165, 1.54) is 0 Å². The van der Waals surface area contributed by atoms with E-state index in [0.29, 0.717) is 24.1 Å². The number of amides is 1. The van der Waals surface area contributed by atoms with E-state index in [0.717, 1.165) is 23.4 Å². The van der Waals surface area contributed by atoms with Gasteiger partial charge < -0.3 is 15.0 Å². The first-order valence-corrected chi connectivity index (χ1v) is 8.85. The van der Waals surface area contributed by atoms with Gasteiger partial charge in [0.1, 0.15) is 17.2 Å². The van der Waals surface area contributed by atoms with Crippen LogP contribution in [-0.4, -0.2) is 32.0 Å². The number of rotatable bonds is 6. The SMILES string of the molecule is O=C(Nc1cc(-c2cccs2)nn1CCO)c1cccn1C1CC1. The third-order valence-corrected chi connectivity index (χ3v) is 4.95. The molecule has 0 saturated heterocycles. The Balaban J connectivity index is 1.60. The van der Waals surface area contributed by atoms with Gasteiger partial charge in [0.25, 0.3) is 5.91 Å². The van der Waals surface area contributed by atoms with Gasteiger partial charge in [0.05, 0.1) is 18.0 Å². The molecule has 0 atom stereocenters. The van der Waals surface area contributed by atoms with Gasteiger partial charge in [-0.2, -0.15) is 5.10 Å². The van der Waals surface area contributed by atoms with Crippen LogP contribution in [0, 0.1) is 0 Å². The number of hydrogen-bond donors (Lipinski definition) is 2. The second kappa shape index (κ2) is 6.26. The summed E-state index contributed by atoms with van der Waals surface area (Å²) in [6.45, 7) is 0.303. The molecule has 124 valence electrons. The molecule has 0 unspecified atom stereocenters. The second-order valence-electron chi connectivity index (χ2n) is 5.82. The maximum atomic E-state index is 12.6. The summed E-state index contributed by atoms with van der Waals surface area (Å²) < 4.78 is 3.67. The minimum absolute atomic E-state index is 0.0348. The highest BCUT2D eigenvalue weighted by molar-refractivity contribution is 7.13. The normalized spacial score (nSPS) is 14.0. The van der Waals surface area contributed by atoms with E-state index in [4.69, 9.17) is 0 Å². The van der Waals surface area contributed by atoms with Crippen molar-refractivity contribution in [3.8, 4) is 10.6 Å². The molecular weight excluding hydrogens is 324 g/mol. The third-order valence-electron chi connectivity index (χ3n) is 4.06. The zero-order valence-electron chi connectivity index (χ0n) is 13.1. The van der Waals surface area contributed by atoms with Gasteiger partial charge in [-0.15, -0.1) is 11.3 Å². The molecule has 6 nitrogen and oxygen atoms in total. The molecule has 7 heteroatoms. The fourth-order valence-electron chi connectivity index (χ4n) is 2.76. The van der Waals surface area contributed by atoms with Crippen LogP contribution < -0.4 is 5.32 Å². The summed E-state index contributed by atoms with van der Waals surface area (Å²) in [5.41, 5.74) is 1.46. The summed E-state index contributed by atoms with van der Waals surface area (Å²) in [7, 11) is 0. The zero-order chi connectivity index (χ0) is 16.5. The second-order valence-corrected chi connectivity index (χ2v) is 6.77. The molecule has 1 aliphatic rings. The predicted molar refractivity (Wildman–Crippen MR) is 93.3 cm³/mol. The Bertz CT molecular complexity index is 846. The van der Waals surface area contributed by atoms with Gasteiger partial charge in [0.2, 0.25) is 0 Å². The number of aromatic nitrogens is 3. The van der Waals surface area contributed by atoms with Gasteiger partial charge in [-0.3, -0.25) is 4.79 Å². The van der Waals surface area contributed by atoms with Crippen LogP contribution in [-0.2, 0) is 6.54 Å². The summed E-state index contributed by atoms with van der Waals surface area (Å²) in [5, 5.41) is 18.7. The smallest absolute Gasteiger partial charge is 0.273 e. The Hall–Kier alpha value is -2.38. The Morgan fingerprint density at radius 3 is 2.96 bits per heavy atom. The highest BCUT2D eigenvalue weighted by atomic mass is 32.1. The van der Waals surface area contributed by atoms with Crippen molar-refractivity contribution in [2.75, 3.05) is 11.9 Å². The summed E-state index contributed by atoms with van der Waals surface area (Å²) in [4.78, 5) is 13.7. The van der Waals surface area contributed by atoms with Crippen molar-refractivity contribution >= 4 is 23.1 Å². The van der Waals surface area contributed by atoms with Crippen LogP contribution in [0.5, 0.6) is 0 Å². The fourth-order valence-corrected chi connectivity index (χ4v) is 3.45. The topological polar surface area (TPSA) is 72.1 Å². The molecule has 0 spiro atoms. The quantitative estimate of drug-likeness (QED) is 0.723. The molecule has 3 aromatic heterocycles. The van der Waals surface area contributed by atoms with Crippen LogP contribution in [0.2, 0.25) is 0 Å². The summed E-state index contributed by atoms with van der Waals surface area (Å²) in [6.07, 6.45) is 4.20. The van der Waals surface area contributed by atoms with Crippen molar-refractivity contribution in [1.29, 1.82) is 0 Å². The number of nitrogens with zero attached hydrogens (tertiary/aromatic N) is 3. The van der Waals surface area contributed by atoms with Crippen LogP contribution in [0.15, 0.2) is 41.9 Å². The molecule has 4 rings (SSSR count). The van der Waals surface area contributed by atoms with E-state index in [1.54, 1.807) is 16.0 Å². The van der Waals surface area contributed by atoms with Crippen molar-refractivity contribution in [1.82, 2.24) is 14.3 Å². The number of carbonyl (C=O) groups is 1. The van der Waals surface area contributed by atoms with Crippen LogP contribution in [0.1, 0.15) is 29.4 Å². The third kappa shape index (κ3) is 2.88. The van der Waals surface area contributed by atoms with Gasteiger partial charge >= 0.3 is 0 Å². The lowest BCUT2D eigenvalue weighted by Crippen LogP contribution is -2.19. The number of carbonyl (C=O) groups excluding carboxylic acids is 1. The molecule has 1 aliphatic carbocycles. The molecule has 0 aromatic carbocycles. The Morgan fingerprint density at radius 2 is 2.25 bits per heavy atom. The molecule has 1 saturated carbocycles. The summed E-state index contributed by atoms with van der Waals surface area (Å²) in [6, 6.07) is 9.98. The zero-order valence-corrected chi connectivity index (χ0v) is 13.9. The highest BCUT2D eigenvalue weighted by Crippen LogP contribution is 2.36. The molecule has 3 heterocycles. The molecule has 24 heavy (non-hydrogen) atoms. The maximum absolute atomic E-state index is 12.6. The number of anilines is 1. The Morgan fingerprint density at radius 1 is 1.38 bits per heavy atom. The lowest BCUT2D eigenvalue weighted by molar-refractivity contribution is 0.101. The Labute approximate surface area is 143 Å². The van der Waals surface area contributed by atoms with E-state index in [2.05, 4.69) is 10.4 Å². The van der Waals surface area contributed by atoms with Crippen molar-refractivity contribution in [2.24, 2.45) is 0 Å². The molecule has 0 bridgehead atoms. The fraction of sp³-hybridized carbons (Fsp3) is 0.294. The van der Waals surface area contributed by atoms with Crippen LogP contribution >= 0.6 is 11.3 Å². The van der Waals surface area contributed by atoms with Crippen molar-refractivity contribution < 1.29 is 9.90 Å². The minimum atomic E-state index is -0.149. The first kappa shape index (κ1) is 15.2. The lowest BCUT2D eigenvalue weighted by Gasteiger charge is -2.10. The van der Waals surface area contributed by atoms with Crippen LogP contribution in [0.3, 0.4) is 0 Å². The van der Waals surface area contributed by atoms with Gasteiger partial charge in [0.15, 0.2) is 0 Å². The molecule has 0 radical (unpaired) electrons. The standard InChI is InChI=1S/C17H18N4O2S/c22-9-8-21-16(11-13(19-21)15-4-2-10-24-15)18-17(23)14-3-1-7-20(14)12-5-6-12/h1-4,7,10-12,22H,5-6,8-9H2,(H,18,23). The first-order valence-electron chi connectivity index (χ1n) is 7.97. The maximum Gasteiger partial charge on any atom is 0.273 e. The molecule has 3 aromatic rings. The van der Waals surface area contributed by atoms with Gasteiger partial charge in [-0.25, -0.2) is 4.68 Å². The number of nitrogens with one attached hydrogen (secondary N) is 1. The predicted octanol–water partition coefficient (Wildman–Crippen LogP) is 2.99.